The van der Waals surface area contributed by atoms with E-state index in [0.717, 1.165) is 25.8 Å². The Morgan fingerprint density at radius 3 is 3.05 bits per heavy atom. The summed E-state index contributed by atoms with van der Waals surface area (Å²) in [6.45, 7) is 3.06. The summed E-state index contributed by atoms with van der Waals surface area (Å²) in [5.41, 5.74) is 1.26. The Kier molecular flexibility index (Phi) is 3.58. The molecule has 1 aliphatic heterocycles. The largest absolute Gasteiger partial charge is 0.353 e. The average Bonchev–Trinajstić information content (AvgIpc) is 2.88. The summed E-state index contributed by atoms with van der Waals surface area (Å²) in [7, 11) is 0. The van der Waals surface area contributed by atoms with E-state index >= 15 is 0 Å². The second kappa shape index (κ2) is 5.35. The zero-order chi connectivity index (χ0) is 13.2. The first-order valence-electron chi connectivity index (χ1n) is 7.53. The van der Waals surface area contributed by atoms with Crippen molar-refractivity contribution in [1.29, 1.82) is 0 Å². The summed E-state index contributed by atoms with van der Waals surface area (Å²) >= 11 is 0. The van der Waals surface area contributed by atoms with E-state index in [4.69, 9.17) is 0 Å². The maximum Gasteiger partial charge on any atom is 0.225 e. The monoisotopic (exact) mass is 261 g/mol. The summed E-state index contributed by atoms with van der Waals surface area (Å²) in [6.07, 6.45) is 10.7. The molecule has 2 aliphatic rings. The molecule has 104 valence electrons. The third kappa shape index (κ3) is 2.67. The fourth-order valence-corrected chi connectivity index (χ4v) is 3.42. The number of aromatic nitrogens is 2. The van der Waals surface area contributed by atoms with Gasteiger partial charge in [-0.05, 0) is 31.6 Å². The standard InChI is InChI=1S/C15H23N3O/c1-11-4-2-3-5-14(11)17-15(19)12-6-7-13-8-16-10-18(13)9-12/h8,10-12,14H,2-7,9H2,1H3,(H,17,19). The molecule has 1 amide bonds. The molecule has 0 saturated heterocycles. The SMILES string of the molecule is CC1CCCCC1NC(=O)C1CCc2cncn2C1. The molecule has 1 N–H and O–H groups in total. The molecule has 3 atom stereocenters. The van der Waals surface area contributed by atoms with Crippen molar-refractivity contribution in [3.05, 3.63) is 18.2 Å². The van der Waals surface area contributed by atoms with Crippen molar-refractivity contribution in [1.82, 2.24) is 14.9 Å². The summed E-state index contributed by atoms with van der Waals surface area (Å²) in [6, 6.07) is 0.394. The predicted octanol–water partition coefficient (Wildman–Crippen LogP) is 2.14. The van der Waals surface area contributed by atoms with E-state index in [1.165, 1.54) is 25.0 Å². The van der Waals surface area contributed by atoms with Crippen LogP contribution < -0.4 is 5.32 Å². The minimum Gasteiger partial charge on any atom is -0.353 e. The van der Waals surface area contributed by atoms with Crippen LogP contribution in [0.2, 0.25) is 0 Å². The van der Waals surface area contributed by atoms with Gasteiger partial charge in [0.05, 0.1) is 12.2 Å². The van der Waals surface area contributed by atoms with Crippen molar-refractivity contribution >= 4 is 5.91 Å². The van der Waals surface area contributed by atoms with E-state index in [1.54, 1.807) is 0 Å². The summed E-state index contributed by atoms with van der Waals surface area (Å²) in [5.74, 6) is 0.999. The summed E-state index contributed by atoms with van der Waals surface area (Å²) < 4.78 is 2.12. The van der Waals surface area contributed by atoms with Crippen LogP contribution in [0.1, 0.15) is 44.7 Å². The van der Waals surface area contributed by atoms with Crippen LogP contribution in [0, 0.1) is 11.8 Å². The molecule has 4 nitrogen and oxygen atoms in total. The van der Waals surface area contributed by atoms with Gasteiger partial charge in [0.25, 0.3) is 0 Å². The van der Waals surface area contributed by atoms with E-state index in [0.29, 0.717) is 12.0 Å². The van der Waals surface area contributed by atoms with Crippen LogP contribution in [-0.2, 0) is 17.8 Å². The molecule has 1 aromatic rings. The van der Waals surface area contributed by atoms with Crippen molar-refractivity contribution in [2.75, 3.05) is 0 Å². The van der Waals surface area contributed by atoms with Crippen LogP contribution in [0.3, 0.4) is 0 Å². The number of nitrogens with one attached hydrogen (secondary N) is 1. The van der Waals surface area contributed by atoms with Gasteiger partial charge < -0.3 is 9.88 Å². The van der Waals surface area contributed by atoms with Gasteiger partial charge in [-0.3, -0.25) is 4.79 Å². The van der Waals surface area contributed by atoms with Gasteiger partial charge in [-0.15, -0.1) is 0 Å². The van der Waals surface area contributed by atoms with Crippen LogP contribution >= 0.6 is 0 Å². The number of fused-ring (bicyclic) bond motifs is 1. The van der Waals surface area contributed by atoms with Crippen LogP contribution in [0.25, 0.3) is 0 Å². The first-order chi connectivity index (χ1) is 9.24. The molecule has 19 heavy (non-hydrogen) atoms. The van der Waals surface area contributed by atoms with E-state index in [2.05, 4.69) is 21.8 Å². The van der Waals surface area contributed by atoms with Gasteiger partial charge in [-0.25, -0.2) is 4.98 Å². The van der Waals surface area contributed by atoms with Gasteiger partial charge in [-0.2, -0.15) is 0 Å². The maximum absolute atomic E-state index is 12.4. The van der Waals surface area contributed by atoms with E-state index in [-0.39, 0.29) is 11.8 Å². The second-order valence-electron chi connectivity index (χ2n) is 6.15. The Hall–Kier alpha value is -1.32. The molecule has 3 rings (SSSR count). The number of rotatable bonds is 2. The van der Waals surface area contributed by atoms with Gasteiger partial charge in [0, 0.05) is 24.5 Å². The number of imidazole rings is 1. The molecule has 0 aromatic carbocycles. The second-order valence-corrected chi connectivity index (χ2v) is 6.15. The molecule has 4 heteroatoms. The van der Waals surface area contributed by atoms with Crippen LogP contribution in [-0.4, -0.2) is 21.5 Å². The lowest BCUT2D eigenvalue weighted by Crippen LogP contribution is -2.45. The number of aryl methyl sites for hydroxylation is 1. The lowest BCUT2D eigenvalue weighted by Gasteiger charge is -2.32. The Morgan fingerprint density at radius 2 is 2.21 bits per heavy atom. The number of carbonyl (C=O) groups excluding carboxylic acids is 1. The van der Waals surface area contributed by atoms with E-state index < -0.39 is 0 Å². The van der Waals surface area contributed by atoms with Gasteiger partial charge in [0.15, 0.2) is 0 Å². The van der Waals surface area contributed by atoms with E-state index in [1.807, 2.05) is 12.5 Å². The third-order valence-electron chi connectivity index (χ3n) is 4.77. The number of hydrogen-bond acceptors (Lipinski definition) is 2. The Labute approximate surface area is 114 Å². The van der Waals surface area contributed by atoms with Crippen molar-refractivity contribution < 1.29 is 4.79 Å². The Balaban J connectivity index is 1.59. The normalized spacial score (nSPS) is 30.7. The number of hydrogen-bond donors (Lipinski definition) is 1. The highest BCUT2D eigenvalue weighted by Gasteiger charge is 2.28. The summed E-state index contributed by atoms with van der Waals surface area (Å²) in [5, 5.41) is 3.29. The lowest BCUT2D eigenvalue weighted by molar-refractivity contribution is -0.127. The third-order valence-corrected chi connectivity index (χ3v) is 4.77. The highest BCUT2D eigenvalue weighted by molar-refractivity contribution is 5.79. The number of carbonyl (C=O) groups is 1. The molecule has 1 saturated carbocycles. The van der Waals surface area contributed by atoms with Gasteiger partial charge in [0.2, 0.25) is 5.91 Å². The number of amides is 1. The topological polar surface area (TPSA) is 46.9 Å². The highest BCUT2D eigenvalue weighted by Crippen LogP contribution is 2.25. The van der Waals surface area contributed by atoms with Gasteiger partial charge in [0.1, 0.15) is 0 Å². The highest BCUT2D eigenvalue weighted by atomic mass is 16.2. The van der Waals surface area contributed by atoms with Crippen LogP contribution in [0.4, 0.5) is 0 Å². The first-order valence-corrected chi connectivity index (χ1v) is 7.53. The molecule has 1 aromatic heterocycles. The zero-order valence-electron chi connectivity index (χ0n) is 11.6. The molecule has 0 radical (unpaired) electrons. The average molecular weight is 261 g/mol. The predicted molar refractivity (Wildman–Crippen MR) is 73.6 cm³/mol. The van der Waals surface area contributed by atoms with Crippen LogP contribution in [0.5, 0.6) is 0 Å². The Bertz CT molecular complexity index is 454. The first kappa shape index (κ1) is 12.7. The minimum atomic E-state index is 0.121. The van der Waals surface area contributed by atoms with Crippen molar-refractivity contribution in [3.63, 3.8) is 0 Å². The van der Waals surface area contributed by atoms with Crippen molar-refractivity contribution in [3.8, 4) is 0 Å². The molecular formula is C15H23N3O. The van der Waals surface area contributed by atoms with Gasteiger partial charge >= 0.3 is 0 Å². The molecule has 1 fully saturated rings. The molecule has 3 unspecified atom stereocenters. The molecule has 0 spiro atoms. The lowest BCUT2D eigenvalue weighted by atomic mass is 9.85. The van der Waals surface area contributed by atoms with Gasteiger partial charge in [-0.1, -0.05) is 19.8 Å². The quantitative estimate of drug-likeness (QED) is 0.886. The Morgan fingerprint density at radius 1 is 1.37 bits per heavy atom. The van der Waals surface area contributed by atoms with Crippen molar-refractivity contribution in [2.45, 2.75) is 58.0 Å². The molecule has 2 heterocycles. The maximum atomic E-state index is 12.4. The minimum absolute atomic E-state index is 0.121. The number of nitrogens with zero attached hydrogens (tertiary/aromatic N) is 2. The smallest absolute Gasteiger partial charge is 0.225 e. The molecule has 0 bridgehead atoms. The van der Waals surface area contributed by atoms with Crippen molar-refractivity contribution in [2.24, 2.45) is 11.8 Å². The fraction of sp³-hybridized carbons (Fsp3) is 0.733. The summed E-state index contributed by atoms with van der Waals surface area (Å²) in [4.78, 5) is 16.6. The molecular weight excluding hydrogens is 238 g/mol. The zero-order valence-corrected chi connectivity index (χ0v) is 11.6. The fourth-order valence-electron chi connectivity index (χ4n) is 3.42. The van der Waals surface area contributed by atoms with Crippen LogP contribution in [0.15, 0.2) is 12.5 Å². The van der Waals surface area contributed by atoms with E-state index in [9.17, 15) is 4.79 Å². The molecule has 1 aliphatic carbocycles.